The van der Waals surface area contributed by atoms with Crippen LogP contribution in [0.25, 0.3) is 11.2 Å². The number of nitrogens with zero attached hydrogens (tertiary/aromatic N) is 6. The maximum atomic E-state index is 10.00. The van der Waals surface area contributed by atoms with Gasteiger partial charge in [0.25, 0.3) is 0 Å². The predicted molar refractivity (Wildman–Crippen MR) is 140 cm³/mol. The molecule has 4 heterocycles. The molecule has 12 heteroatoms. The first-order valence-corrected chi connectivity index (χ1v) is 16.2. The van der Waals surface area contributed by atoms with Crippen LogP contribution < -0.4 is 5.73 Å². The Bertz CT molecular complexity index is 862. The fourth-order valence-electron chi connectivity index (χ4n) is 2.64. The van der Waals surface area contributed by atoms with E-state index >= 15 is 0 Å². The Kier molecular flexibility index (Phi) is 15.1. The summed E-state index contributed by atoms with van der Waals surface area (Å²) in [6, 6.07) is 1.89. The van der Waals surface area contributed by atoms with Gasteiger partial charge in [-0.2, -0.15) is 5.10 Å². The molecule has 0 radical (unpaired) electrons. The monoisotopic (exact) mass is 661 g/mol. The molecular formula is C19H33I2N7O3. The van der Waals surface area contributed by atoms with Crippen LogP contribution in [-0.4, -0.2) is 57.8 Å². The van der Waals surface area contributed by atoms with Crippen molar-refractivity contribution in [1.29, 1.82) is 0 Å². The van der Waals surface area contributed by atoms with Crippen LogP contribution in [0.15, 0.2) is 24.8 Å². The Morgan fingerprint density at radius 2 is 1.71 bits per heavy atom. The standard InChI is InChI=1S/C11H15N5O3.C4H6N2.2C2H6.I2/c1-4-7(17)8(18)11(19-4)16-3-13-6-9(12)14-5(2)15-10(6)16;1-6-4-2-3-5-6;3*1-2/h3-4,7-8,11,17-18H,1-2H3,(H2,12,14,15);2-4H,1H3;2*1-2H3;. The van der Waals surface area contributed by atoms with Crippen molar-refractivity contribution >= 4 is 54.2 Å². The number of hydrogen-bond donors (Lipinski definition) is 3. The van der Waals surface area contributed by atoms with Crippen molar-refractivity contribution in [1.82, 2.24) is 29.3 Å². The largest absolute Gasteiger partial charge is 0.388 e. The minimum Gasteiger partial charge on any atom is -0.388 e. The van der Waals surface area contributed by atoms with Gasteiger partial charge in [0, 0.05) is 56.7 Å². The topological polar surface area (TPSA) is 137 Å². The lowest BCUT2D eigenvalue weighted by Crippen LogP contribution is -2.30. The summed E-state index contributed by atoms with van der Waals surface area (Å²) in [5, 5.41) is 23.6. The molecule has 1 fully saturated rings. The summed E-state index contributed by atoms with van der Waals surface area (Å²) in [5.74, 6) is 0.787. The molecule has 1 aliphatic heterocycles. The molecule has 0 bridgehead atoms. The van der Waals surface area contributed by atoms with E-state index in [2.05, 4.69) is 57.3 Å². The van der Waals surface area contributed by atoms with E-state index in [-0.39, 0.29) is 5.82 Å². The first kappa shape index (κ1) is 29.9. The lowest BCUT2D eigenvalue weighted by molar-refractivity contribution is -0.0299. The van der Waals surface area contributed by atoms with Gasteiger partial charge in [0.15, 0.2) is 17.7 Å². The van der Waals surface area contributed by atoms with Gasteiger partial charge < -0.3 is 20.7 Å². The highest BCUT2D eigenvalue weighted by Gasteiger charge is 2.42. The van der Waals surface area contributed by atoms with Crippen LogP contribution in [0.3, 0.4) is 0 Å². The quantitative estimate of drug-likeness (QED) is 0.337. The second kappa shape index (κ2) is 15.7. The molecular weight excluding hydrogens is 628 g/mol. The molecule has 3 aromatic rings. The van der Waals surface area contributed by atoms with Gasteiger partial charge in [-0.3, -0.25) is 9.25 Å². The summed E-state index contributed by atoms with van der Waals surface area (Å²) >= 11 is 4.24. The van der Waals surface area contributed by atoms with Crippen LogP contribution in [0.1, 0.15) is 46.7 Å². The van der Waals surface area contributed by atoms with Gasteiger partial charge in [0.1, 0.15) is 23.5 Å². The van der Waals surface area contributed by atoms with Gasteiger partial charge >= 0.3 is 0 Å². The first-order chi connectivity index (χ1) is 14.9. The minimum absolute atomic E-state index is 0.280. The molecule has 3 aromatic heterocycles. The van der Waals surface area contributed by atoms with E-state index in [1.165, 1.54) is 6.33 Å². The lowest BCUT2D eigenvalue weighted by atomic mass is 10.1. The van der Waals surface area contributed by atoms with Gasteiger partial charge in [-0.1, -0.05) is 27.7 Å². The molecule has 10 nitrogen and oxygen atoms in total. The third-order valence-electron chi connectivity index (χ3n) is 3.95. The second-order valence-electron chi connectivity index (χ2n) is 5.87. The number of nitrogens with two attached hydrogens (primary N) is 1. The molecule has 4 N–H and O–H groups in total. The number of aromatic nitrogens is 6. The highest BCUT2D eigenvalue weighted by Crippen LogP contribution is 2.31. The number of rotatable bonds is 1. The third kappa shape index (κ3) is 8.07. The van der Waals surface area contributed by atoms with Crippen LogP contribution >= 0.6 is 37.2 Å². The number of ether oxygens (including phenoxy) is 1. The summed E-state index contributed by atoms with van der Waals surface area (Å²) in [6.45, 7) is 11.4. The number of anilines is 1. The summed E-state index contributed by atoms with van der Waals surface area (Å²) in [4.78, 5) is 12.4. The van der Waals surface area contributed by atoms with Crippen LogP contribution in [-0.2, 0) is 11.8 Å². The second-order valence-corrected chi connectivity index (χ2v) is 5.87. The van der Waals surface area contributed by atoms with Crippen molar-refractivity contribution in [2.75, 3.05) is 5.73 Å². The molecule has 0 spiro atoms. The number of aliphatic hydroxyl groups excluding tert-OH is 2. The zero-order valence-electron chi connectivity index (χ0n) is 18.9. The van der Waals surface area contributed by atoms with E-state index in [1.807, 2.05) is 47.0 Å². The number of fused-ring (bicyclic) bond motifs is 1. The lowest BCUT2D eigenvalue weighted by Gasteiger charge is -2.16. The van der Waals surface area contributed by atoms with Gasteiger partial charge in [-0.25, -0.2) is 15.0 Å². The van der Waals surface area contributed by atoms with Crippen molar-refractivity contribution in [2.24, 2.45) is 7.05 Å². The zero-order chi connectivity index (χ0) is 24.1. The minimum atomic E-state index is -1.04. The number of halogens is 2. The predicted octanol–water partition coefficient (Wildman–Crippen LogP) is 3.60. The molecule has 1 saturated heterocycles. The summed E-state index contributed by atoms with van der Waals surface area (Å²) in [5.41, 5.74) is 6.71. The average Bonchev–Trinajstić information content (AvgIpc) is 3.50. The Morgan fingerprint density at radius 1 is 1.10 bits per heavy atom. The van der Waals surface area contributed by atoms with E-state index < -0.39 is 24.5 Å². The SMILES string of the molecule is CC.CC.Cc1nc(N)c2ncn(C3OC(C)C(O)C3O)c2n1.Cn1cccn1.II. The molecule has 1 aliphatic rings. The molecule has 0 aromatic carbocycles. The first-order valence-electron chi connectivity index (χ1n) is 9.94. The molecule has 0 saturated carbocycles. The summed E-state index contributed by atoms with van der Waals surface area (Å²) in [6.07, 6.45) is 1.95. The maximum Gasteiger partial charge on any atom is 0.167 e. The Hall–Kier alpha value is -1.10. The highest BCUT2D eigenvalue weighted by atomic mass is 128. The van der Waals surface area contributed by atoms with Crippen LogP contribution in [0.5, 0.6) is 0 Å². The smallest absolute Gasteiger partial charge is 0.167 e. The molecule has 176 valence electrons. The molecule has 0 aliphatic carbocycles. The van der Waals surface area contributed by atoms with Gasteiger partial charge in [-0.15, -0.1) is 0 Å². The maximum absolute atomic E-state index is 10.00. The van der Waals surface area contributed by atoms with Crippen molar-refractivity contribution < 1.29 is 14.9 Å². The fourth-order valence-corrected chi connectivity index (χ4v) is 2.64. The van der Waals surface area contributed by atoms with E-state index in [0.29, 0.717) is 17.0 Å². The van der Waals surface area contributed by atoms with Crippen LogP contribution in [0, 0.1) is 6.92 Å². The number of hydrogen-bond acceptors (Lipinski definition) is 8. The third-order valence-corrected chi connectivity index (χ3v) is 3.95. The van der Waals surface area contributed by atoms with Gasteiger partial charge in [-0.05, 0) is 19.9 Å². The Morgan fingerprint density at radius 3 is 2.13 bits per heavy atom. The van der Waals surface area contributed by atoms with Crippen molar-refractivity contribution in [3.63, 3.8) is 0 Å². The van der Waals surface area contributed by atoms with Crippen molar-refractivity contribution in [2.45, 2.75) is 66.1 Å². The average molecular weight is 661 g/mol. The van der Waals surface area contributed by atoms with E-state index in [9.17, 15) is 10.2 Å². The van der Waals surface area contributed by atoms with E-state index in [0.717, 1.165) is 0 Å². The normalized spacial score (nSPS) is 21.4. The highest BCUT2D eigenvalue weighted by molar-refractivity contribution is 15.0. The van der Waals surface area contributed by atoms with E-state index in [1.54, 1.807) is 29.3 Å². The summed E-state index contributed by atoms with van der Waals surface area (Å²) in [7, 11) is 1.89. The zero-order valence-corrected chi connectivity index (χ0v) is 23.3. The number of imidazole rings is 1. The molecule has 4 atom stereocenters. The molecule has 4 rings (SSSR count). The number of aryl methyl sites for hydroxylation is 2. The molecule has 4 unspecified atom stereocenters. The van der Waals surface area contributed by atoms with Crippen molar-refractivity contribution in [3.8, 4) is 0 Å². The molecule has 0 amide bonds. The Balaban J connectivity index is 0.000000628. The number of aliphatic hydroxyl groups is 2. The van der Waals surface area contributed by atoms with Crippen LogP contribution in [0.2, 0.25) is 0 Å². The van der Waals surface area contributed by atoms with Crippen LogP contribution in [0.4, 0.5) is 5.82 Å². The van der Waals surface area contributed by atoms with E-state index in [4.69, 9.17) is 10.5 Å². The van der Waals surface area contributed by atoms with Gasteiger partial charge in [0.05, 0.1) is 12.4 Å². The van der Waals surface area contributed by atoms with Gasteiger partial charge in [0.2, 0.25) is 0 Å². The van der Waals surface area contributed by atoms with Crippen molar-refractivity contribution in [3.05, 3.63) is 30.6 Å². The fraction of sp³-hybridized carbons (Fsp3) is 0.579. The summed E-state index contributed by atoms with van der Waals surface area (Å²) < 4.78 is 8.86. The molecule has 31 heavy (non-hydrogen) atoms. The number of nitrogen functional groups attached to an aromatic ring is 1. The Labute approximate surface area is 206 Å².